The average molecular weight is 335 g/mol. The molecule has 4 heteroatoms. The lowest BCUT2D eigenvalue weighted by Gasteiger charge is -2.15. The summed E-state index contributed by atoms with van der Waals surface area (Å²) < 4.78 is 5.95. The number of fused-ring (bicyclic) bond motifs is 1. The van der Waals surface area contributed by atoms with Crippen LogP contribution in [0, 0.1) is 13.8 Å². The maximum absolute atomic E-state index is 12.8. The highest BCUT2D eigenvalue weighted by Gasteiger charge is 2.25. The molecule has 0 fully saturated rings. The van der Waals surface area contributed by atoms with Crippen LogP contribution in [-0.2, 0) is 0 Å². The highest BCUT2D eigenvalue weighted by molar-refractivity contribution is 6.05. The van der Waals surface area contributed by atoms with Gasteiger partial charge in [-0.2, -0.15) is 0 Å². The number of ketones is 2. The molecule has 0 aliphatic carbocycles. The Balaban J connectivity index is 1.91. The van der Waals surface area contributed by atoms with Crippen LogP contribution in [0.1, 0.15) is 46.0 Å². The van der Waals surface area contributed by atoms with Crippen molar-refractivity contribution in [3.05, 3.63) is 65.0 Å². The van der Waals surface area contributed by atoms with Crippen molar-refractivity contribution in [2.45, 2.75) is 33.8 Å². The van der Waals surface area contributed by atoms with Crippen LogP contribution < -0.4 is 4.74 Å². The van der Waals surface area contributed by atoms with E-state index in [-0.39, 0.29) is 11.6 Å². The van der Waals surface area contributed by atoms with Crippen molar-refractivity contribution >= 4 is 22.3 Å². The second-order valence-electron chi connectivity index (χ2n) is 6.28. The quantitative estimate of drug-likeness (QED) is 0.691. The van der Waals surface area contributed by atoms with Crippen LogP contribution in [0.5, 0.6) is 5.75 Å². The number of H-pyrrole nitrogens is 1. The summed E-state index contributed by atoms with van der Waals surface area (Å²) in [7, 11) is 0. The Labute approximate surface area is 146 Å². The van der Waals surface area contributed by atoms with Gasteiger partial charge in [-0.3, -0.25) is 9.59 Å². The van der Waals surface area contributed by atoms with Gasteiger partial charge in [-0.1, -0.05) is 36.4 Å². The maximum atomic E-state index is 12.8. The van der Waals surface area contributed by atoms with Crippen LogP contribution in [0.25, 0.3) is 10.8 Å². The first kappa shape index (κ1) is 17.0. The van der Waals surface area contributed by atoms with Gasteiger partial charge in [-0.25, -0.2) is 0 Å². The first-order valence-corrected chi connectivity index (χ1v) is 8.29. The fourth-order valence-electron chi connectivity index (χ4n) is 3.27. The van der Waals surface area contributed by atoms with Gasteiger partial charge in [-0.15, -0.1) is 0 Å². The lowest BCUT2D eigenvalue weighted by Crippen LogP contribution is -2.25. The fourth-order valence-corrected chi connectivity index (χ4v) is 3.27. The van der Waals surface area contributed by atoms with Crippen molar-refractivity contribution in [1.29, 1.82) is 0 Å². The third-order valence-electron chi connectivity index (χ3n) is 4.46. The number of hydrogen-bond acceptors (Lipinski definition) is 3. The molecule has 0 radical (unpaired) electrons. The number of rotatable bonds is 5. The fraction of sp³-hybridized carbons (Fsp3) is 0.238. The van der Waals surface area contributed by atoms with E-state index in [2.05, 4.69) is 4.98 Å². The molecule has 0 saturated heterocycles. The Morgan fingerprint density at radius 2 is 1.72 bits per heavy atom. The van der Waals surface area contributed by atoms with Crippen LogP contribution in [0.3, 0.4) is 0 Å². The van der Waals surface area contributed by atoms with Gasteiger partial charge in [-0.05, 0) is 44.7 Å². The highest BCUT2D eigenvalue weighted by Crippen LogP contribution is 2.27. The predicted octanol–water partition coefficient (Wildman–Crippen LogP) is 4.64. The molecular formula is C21H21NO3. The van der Waals surface area contributed by atoms with E-state index in [1.165, 1.54) is 6.92 Å². The van der Waals surface area contributed by atoms with Crippen molar-refractivity contribution < 1.29 is 14.3 Å². The van der Waals surface area contributed by atoms with Crippen molar-refractivity contribution in [1.82, 2.24) is 4.98 Å². The number of benzene rings is 2. The molecule has 0 aliphatic heterocycles. The number of carbonyl (C=O) groups is 2. The first-order valence-electron chi connectivity index (χ1n) is 8.29. The van der Waals surface area contributed by atoms with Gasteiger partial charge < -0.3 is 9.72 Å². The molecule has 1 atom stereocenters. The van der Waals surface area contributed by atoms with Crippen LogP contribution in [-0.4, -0.2) is 22.7 Å². The lowest BCUT2D eigenvalue weighted by atomic mass is 10.0. The number of aromatic nitrogens is 1. The maximum Gasteiger partial charge on any atom is 0.219 e. The molecule has 3 aromatic rings. The summed E-state index contributed by atoms with van der Waals surface area (Å²) in [6.07, 6.45) is -0.664. The zero-order valence-electron chi connectivity index (χ0n) is 14.8. The van der Waals surface area contributed by atoms with E-state index in [1.54, 1.807) is 20.8 Å². The summed E-state index contributed by atoms with van der Waals surface area (Å²) in [5.41, 5.74) is 2.42. The number of carbonyl (C=O) groups excluding carboxylic acids is 2. The van der Waals surface area contributed by atoms with E-state index in [9.17, 15) is 9.59 Å². The molecule has 3 rings (SSSR count). The van der Waals surface area contributed by atoms with E-state index in [4.69, 9.17) is 4.74 Å². The summed E-state index contributed by atoms with van der Waals surface area (Å²) in [4.78, 5) is 27.6. The largest absolute Gasteiger partial charge is 0.482 e. The van der Waals surface area contributed by atoms with Gasteiger partial charge in [0.25, 0.3) is 0 Å². The molecule has 0 bridgehead atoms. The van der Waals surface area contributed by atoms with Gasteiger partial charge in [0, 0.05) is 16.6 Å². The summed E-state index contributed by atoms with van der Waals surface area (Å²) in [5, 5.41) is 2.03. The number of aryl methyl sites for hydroxylation is 1. The molecule has 0 aliphatic rings. The van der Waals surface area contributed by atoms with E-state index in [0.717, 1.165) is 10.8 Å². The minimum absolute atomic E-state index is 0.0482. The van der Waals surface area contributed by atoms with E-state index < -0.39 is 6.10 Å². The molecule has 4 nitrogen and oxygen atoms in total. The van der Waals surface area contributed by atoms with E-state index in [1.807, 2.05) is 42.5 Å². The molecule has 2 aromatic carbocycles. The summed E-state index contributed by atoms with van der Waals surface area (Å²) in [6.45, 7) is 6.83. The SMILES string of the molecule is CC(=O)c1c(C)[nH]c(C(=O)[C@@H](C)Oc2cccc3ccccc23)c1C. The van der Waals surface area contributed by atoms with Crippen molar-refractivity contribution in [2.24, 2.45) is 0 Å². The molecule has 25 heavy (non-hydrogen) atoms. The normalized spacial score (nSPS) is 12.2. The third-order valence-corrected chi connectivity index (χ3v) is 4.46. The standard InChI is InChI=1S/C21H21NO3/c1-12-19(14(3)23)13(2)22-20(12)21(24)15(4)25-18-11-7-9-16-8-5-6-10-17(16)18/h5-11,15,22H,1-4H3/t15-/m1/s1. The Morgan fingerprint density at radius 1 is 1.04 bits per heavy atom. The molecule has 1 heterocycles. The molecule has 0 saturated carbocycles. The molecule has 0 amide bonds. The van der Waals surface area contributed by atoms with Gasteiger partial charge >= 0.3 is 0 Å². The predicted molar refractivity (Wildman–Crippen MR) is 98.6 cm³/mol. The zero-order valence-corrected chi connectivity index (χ0v) is 14.8. The van der Waals surface area contributed by atoms with Gasteiger partial charge in [0.2, 0.25) is 5.78 Å². The summed E-state index contributed by atoms with van der Waals surface area (Å²) in [6, 6.07) is 13.7. The Bertz CT molecular complexity index is 963. The van der Waals surface area contributed by atoms with E-state index in [0.29, 0.717) is 28.3 Å². The molecule has 0 spiro atoms. The second kappa shape index (κ2) is 6.55. The minimum atomic E-state index is -0.664. The number of aromatic amines is 1. The average Bonchev–Trinajstić information content (AvgIpc) is 2.89. The van der Waals surface area contributed by atoms with E-state index >= 15 is 0 Å². The van der Waals surface area contributed by atoms with Crippen LogP contribution >= 0.6 is 0 Å². The Morgan fingerprint density at radius 3 is 2.40 bits per heavy atom. The number of hydrogen-bond donors (Lipinski definition) is 1. The highest BCUT2D eigenvalue weighted by atomic mass is 16.5. The zero-order chi connectivity index (χ0) is 18.1. The minimum Gasteiger partial charge on any atom is -0.482 e. The number of Topliss-reactive ketones (excluding diaryl/α,β-unsaturated/α-hetero) is 2. The first-order chi connectivity index (χ1) is 11.9. The molecule has 1 N–H and O–H groups in total. The smallest absolute Gasteiger partial charge is 0.219 e. The van der Waals surface area contributed by atoms with Crippen molar-refractivity contribution in [2.75, 3.05) is 0 Å². The molecular weight excluding hydrogens is 314 g/mol. The van der Waals surface area contributed by atoms with Crippen LogP contribution in [0.4, 0.5) is 0 Å². The Kier molecular flexibility index (Phi) is 4.45. The van der Waals surface area contributed by atoms with Gasteiger partial charge in [0.1, 0.15) is 5.75 Å². The third kappa shape index (κ3) is 3.07. The Hall–Kier alpha value is -2.88. The van der Waals surface area contributed by atoms with Crippen molar-refractivity contribution in [3.63, 3.8) is 0 Å². The summed E-state index contributed by atoms with van der Waals surface area (Å²) in [5.74, 6) is 0.459. The van der Waals surface area contributed by atoms with Crippen LogP contribution in [0.15, 0.2) is 42.5 Å². The van der Waals surface area contributed by atoms with Gasteiger partial charge in [0.05, 0.1) is 5.69 Å². The number of nitrogens with one attached hydrogen (secondary N) is 1. The lowest BCUT2D eigenvalue weighted by molar-refractivity contribution is 0.0815. The monoisotopic (exact) mass is 335 g/mol. The summed E-state index contributed by atoms with van der Waals surface area (Å²) >= 11 is 0. The van der Waals surface area contributed by atoms with Gasteiger partial charge in [0.15, 0.2) is 11.9 Å². The topological polar surface area (TPSA) is 59.2 Å². The van der Waals surface area contributed by atoms with Crippen LogP contribution in [0.2, 0.25) is 0 Å². The number of ether oxygens (including phenoxy) is 1. The second-order valence-corrected chi connectivity index (χ2v) is 6.28. The molecule has 128 valence electrons. The van der Waals surface area contributed by atoms with Crippen molar-refractivity contribution in [3.8, 4) is 5.75 Å². The molecule has 0 unspecified atom stereocenters. The molecule has 1 aromatic heterocycles.